The lowest BCUT2D eigenvalue weighted by Gasteiger charge is -2.08. The average Bonchev–Trinajstić information content (AvgIpc) is 3.20. The summed E-state index contributed by atoms with van der Waals surface area (Å²) in [5.41, 5.74) is 10.5. The maximum absolute atomic E-state index is 8.83. The van der Waals surface area contributed by atoms with Crippen molar-refractivity contribution in [2.75, 3.05) is 39.1 Å². The molecular formula is C23H25N5O3. The Balaban J connectivity index is 1.72. The number of anilines is 1. The number of methoxy groups -OCH3 is 1. The van der Waals surface area contributed by atoms with Gasteiger partial charge < -0.3 is 30.2 Å². The maximum atomic E-state index is 8.83. The summed E-state index contributed by atoms with van der Waals surface area (Å²) in [6.45, 7) is 1.82. The molecule has 0 saturated heterocycles. The monoisotopic (exact) mass is 419 g/mol. The van der Waals surface area contributed by atoms with Crippen molar-refractivity contribution in [2.45, 2.75) is 0 Å². The molecule has 0 saturated carbocycles. The van der Waals surface area contributed by atoms with E-state index in [1.54, 1.807) is 7.11 Å². The van der Waals surface area contributed by atoms with Crippen LogP contribution in [0.5, 0.6) is 11.5 Å². The standard InChI is InChI=1S/C23H25N5O3/c1-30-18-6-3-5-17(13-18)28-14-20(21-22(28)23(24)27-15-26-21)16-4-2-7-19(12-16)31-11-9-25-8-10-29/h2-7,12-15,25,29H,8-11H2,1H3,(H2,24,26,27). The number of hydrogen-bond acceptors (Lipinski definition) is 7. The minimum absolute atomic E-state index is 0.109. The van der Waals surface area contributed by atoms with Gasteiger partial charge in [-0.3, -0.25) is 0 Å². The molecule has 160 valence electrons. The van der Waals surface area contributed by atoms with Crippen molar-refractivity contribution in [2.24, 2.45) is 0 Å². The van der Waals surface area contributed by atoms with Gasteiger partial charge in [-0.25, -0.2) is 9.97 Å². The normalized spacial score (nSPS) is 11.0. The molecule has 2 aromatic heterocycles. The van der Waals surface area contributed by atoms with Crippen LogP contribution >= 0.6 is 0 Å². The molecule has 0 fully saturated rings. The van der Waals surface area contributed by atoms with E-state index in [0.717, 1.165) is 39.3 Å². The van der Waals surface area contributed by atoms with Gasteiger partial charge in [0.1, 0.15) is 35.5 Å². The minimum atomic E-state index is 0.109. The molecule has 4 aromatic rings. The highest BCUT2D eigenvalue weighted by atomic mass is 16.5. The second kappa shape index (κ2) is 9.46. The fourth-order valence-corrected chi connectivity index (χ4v) is 3.46. The highest BCUT2D eigenvalue weighted by Gasteiger charge is 2.16. The Morgan fingerprint density at radius 2 is 1.90 bits per heavy atom. The number of nitrogens with two attached hydrogens (primary N) is 1. The number of aliphatic hydroxyl groups is 1. The lowest BCUT2D eigenvalue weighted by atomic mass is 10.1. The van der Waals surface area contributed by atoms with Crippen molar-refractivity contribution >= 4 is 16.9 Å². The van der Waals surface area contributed by atoms with Crippen LogP contribution in [0.15, 0.2) is 61.1 Å². The van der Waals surface area contributed by atoms with Gasteiger partial charge in [-0.1, -0.05) is 18.2 Å². The summed E-state index contributed by atoms with van der Waals surface area (Å²) in [5, 5.41) is 11.9. The number of benzene rings is 2. The molecule has 2 heterocycles. The van der Waals surface area contributed by atoms with Crippen molar-refractivity contribution in [3.63, 3.8) is 0 Å². The Bertz CT molecular complexity index is 1180. The molecule has 2 aromatic carbocycles. The Kier molecular flexibility index (Phi) is 6.30. The number of aliphatic hydroxyl groups excluding tert-OH is 1. The van der Waals surface area contributed by atoms with Gasteiger partial charge >= 0.3 is 0 Å². The van der Waals surface area contributed by atoms with Crippen LogP contribution in [-0.2, 0) is 0 Å². The third-order valence-corrected chi connectivity index (χ3v) is 4.92. The summed E-state index contributed by atoms with van der Waals surface area (Å²) in [4.78, 5) is 8.71. The number of hydrogen-bond donors (Lipinski definition) is 3. The molecule has 0 aliphatic rings. The molecule has 31 heavy (non-hydrogen) atoms. The lowest BCUT2D eigenvalue weighted by molar-refractivity contribution is 0.276. The molecule has 4 rings (SSSR count). The van der Waals surface area contributed by atoms with Crippen molar-refractivity contribution in [1.29, 1.82) is 0 Å². The van der Waals surface area contributed by atoms with Gasteiger partial charge in [0.05, 0.1) is 13.7 Å². The smallest absolute Gasteiger partial charge is 0.151 e. The van der Waals surface area contributed by atoms with Crippen LogP contribution in [0.3, 0.4) is 0 Å². The molecule has 0 aliphatic heterocycles. The first-order valence-electron chi connectivity index (χ1n) is 10.0. The summed E-state index contributed by atoms with van der Waals surface area (Å²) >= 11 is 0. The van der Waals surface area contributed by atoms with Gasteiger partial charge in [0.15, 0.2) is 5.82 Å². The zero-order valence-electron chi connectivity index (χ0n) is 17.3. The first-order valence-corrected chi connectivity index (χ1v) is 10.0. The summed E-state index contributed by atoms with van der Waals surface area (Å²) in [6.07, 6.45) is 3.48. The van der Waals surface area contributed by atoms with E-state index in [-0.39, 0.29) is 6.61 Å². The molecule has 0 radical (unpaired) electrons. The molecule has 0 atom stereocenters. The second-order valence-corrected chi connectivity index (χ2v) is 6.92. The summed E-state index contributed by atoms with van der Waals surface area (Å²) in [7, 11) is 1.64. The van der Waals surface area contributed by atoms with E-state index in [0.29, 0.717) is 25.5 Å². The van der Waals surface area contributed by atoms with Gasteiger partial charge in [-0.05, 0) is 29.8 Å². The Morgan fingerprint density at radius 1 is 1.06 bits per heavy atom. The van der Waals surface area contributed by atoms with Gasteiger partial charge in [0, 0.05) is 36.6 Å². The van der Waals surface area contributed by atoms with Crippen LogP contribution < -0.4 is 20.5 Å². The molecule has 0 aliphatic carbocycles. The SMILES string of the molecule is COc1cccc(-n2cc(-c3cccc(OCCNCCO)c3)c3ncnc(N)c32)c1. The largest absolute Gasteiger partial charge is 0.497 e. The molecule has 4 N–H and O–H groups in total. The Hall–Kier alpha value is -3.62. The Morgan fingerprint density at radius 3 is 2.74 bits per heavy atom. The number of fused-ring (bicyclic) bond motifs is 1. The van der Waals surface area contributed by atoms with Crippen LogP contribution in [0.4, 0.5) is 5.82 Å². The van der Waals surface area contributed by atoms with Gasteiger partial charge in [-0.15, -0.1) is 0 Å². The van der Waals surface area contributed by atoms with Crippen LogP contribution in [0.1, 0.15) is 0 Å². The summed E-state index contributed by atoms with van der Waals surface area (Å²) in [5.74, 6) is 1.91. The fourth-order valence-electron chi connectivity index (χ4n) is 3.46. The first kappa shape index (κ1) is 20.6. The Labute approximate surface area is 180 Å². The second-order valence-electron chi connectivity index (χ2n) is 6.92. The van der Waals surface area contributed by atoms with E-state index in [1.807, 2.05) is 59.3 Å². The van der Waals surface area contributed by atoms with E-state index >= 15 is 0 Å². The zero-order chi connectivity index (χ0) is 21.6. The quantitative estimate of drug-likeness (QED) is 0.358. The van der Waals surface area contributed by atoms with Gasteiger partial charge in [-0.2, -0.15) is 0 Å². The fraction of sp³-hybridized carbons (Fsp3) is 0.217. The predicted molar refractivity (Wildman–Crippen MR) is 121 cm³/mol. The van der Waals surface area contributed by atoms with Crippen LogP contribution in [0, 0.1) is 0 Å². The summed E-state index contributed by atoms with van der Waals surface area (Å²) < 4.78 is 13.2. The average molecular weight is 419 g/mol. The van der Waals surface area contributed by atoms with Crippen LogP contribution in [0.25, 0.3) is 27.8 Å². The number of aromatic nitrogens is 3. The van der Waals surface area contributed by atoms with Crippen molar-refractivity contribution in [3.05, 3.63) is 61.1 Å². The third-order valence-electron chi connectivity index (χ3n) is 4.92. The topological polar surface area (TPSA) is 107 Å². The molecular weight excluding hydrogens is 394 g/mol. The highest BCUT2D eigenvalue weighted by molar-refractivity contribution is 5.98. The van der Waals surface area contributed by atoms with E-state index in [9.17, 15) is 0 Å². The van der Waals surface area contributed by atoms with Crippen molar-refractivity contribution in [1.82, 2.24) is 19.9 Å². The molecule has 0 spiro atoms. The number of rotatable bonds is 9. The maximum Gasteiger partial charge on any atom is 0.151 e. The molecule has 8 nitrogen and oxygen atoms in total. The van der Waals surface area contributed by atoms with E-state index in [4.69, 9.17) is 20.3 Å². The van der Waals surface area contributed by atoms with E-state index in [1.165, 1.54) is 6.33 Å². The number of nitrogens with zero attached hydrogens (tertiary/aromatic N) is 3. The van der Waals surface area contributed by atoms with Crippen LogP contribution in [0.2, 0.25) is 0 Å². The van der Waals surface area contributed by atoms with E-state index < -0.39 is 0 Å². The van der Waals surface area contributed by atoms with Gasteiger partial charge in [0.2, 0.25) is 0 Å². The molecule has 0 bridgehead atoms. The van der Waals surface area contributed by atoms with Crippen LogP contribution in [-0.4, -0.2) is 53.1 Å². The van der Waals surface area contributed by atoms with Crippen molar-refractivity contribution in [3.8, 4) is 28.3 Å². The predicted octanol–water partition coefficient (Wildman–Crippen LogP) is 2.64. The highest BCUT2D eigenvalue weighted by Crippen LogP contribution is 2.35. The minimum Gasteiger partial charge on any atom is -0.497 e. The first-order chi connectivity index (χ1) is 15.2. The number of nitrogens with one attached hydrogen (secondary N) is 1. The zero-order valence-corrected chi connectivity index (χ0v) is 17.3. The lowest BCUT2D eigenvalue weighted by Crippen LogP contribution is -2.23. The van der Waals surface area contributed by atoms with Gasteiger partial charge in [0.25, 0.3) is 0 Å². The van der Waals surface area contributed by atoms with Crippen molar-refractivity contribution < 1.29 is 14.6 Å². The summed E-state index contributed by atoms with van der Waals surface area (Å²) in [6, 6.07) is 15.6. The van der Waals surface area contributed by atoms with E-state index in [2.05, 4.69) is 15.3 Å². The molecule has 0 unspecified atom stereocenters. The molecule has 8 heteroatoms. The molecule has 0 amide bonds. The number of ether oxygens (including phenoxy) is 2. The number of nitrogen functional groups attached to an aromatic ring is 1. The third kappa shape index (κ3) is 4.45.